The van der Waals surface area contributed by atoms with E-state index in [0.29, 0.717) is 26.1 Å². The molecule has 1 aliphatic rings. The SMILES string of the molecule is CN(CCOc1ccccc1F)C(=O)CN1CCC(C(=O)O)C1. The predicted octanol–water partition coefficient (Wildman–Crippen LogP) is 1.07. The van der Waals surface area contributed by atoms with Crippen LogP contribution in [0.15, 0.2) is 24.3 Å². The molecule has 23 heavy (non-hydrogen) atoms. The molecule has 126 valence electrons. The maximum atomic E-state index is 13.4. The molecule has 1 aliphatic heterocycles. The van der Waals surface area contributed by atoms with Crippen molar-refractivity contribution in [1.29, 1.82) is 0 Å². The Bertz CT molecular complexity index is 567. The number of amides is 1. The average Bonchev–Trinajstić information content (AvgIpc) is 2.97. The first-order valence-electron chi connectivity index (χ1n) is 7.54. The number of hydrogen-bond acceptors (Lipinski definition) is 4. The number of ether oxygens (including phenoxy) is 1. The number of carboxylic acids is 1. The minimum absolute atomic E-state index is 0.104. The van der Waals surface area contributed by atoms with Gasteiger partial charge < -0.3 is 14.7 Å². The molecule has 0 spiro atoms. The zero-order chi connectivity index (χ0) is 16.8. The third-order valence-corrected chi connectivity index (χ3v) is 3.93. The molecule has 1 saturated heterocycles. The van der Waals surface area contributed by atoms with Gasteiger partial charge in [-0.05, 0) is 25.1 Å². The van der Waals surface area contributed by atoms with Crippen LogP contribution in [0.3, 0.4) is 0 Å². The lowest BCUT2D eigenvalue weighted by Crippen LogP contribution is -2.39. The van der Waals surface area contributed by atoms with E-state index in [2.05, 4.69) is 0 Å². The van der Waals surface area contributed by atoms with Gasteiger partial charge in [-0.25, -0.2) is 4.39 Å². The van der Waals surface area contributed by atoms with Gasteiger partial charge in [0.15, 0.2) is 11.6 Å². The number of carbonyl (C=O) groups is 2. The fourth-order valence-corrected chi connectivity index (χ4v) is 2.47. The topological polar surface area (TPSA) is 70.1 Å². The van der Waals surface area contributed by atoms with Crippen molar-refractivity contribution in [3.05, 3.63) is 30.1 Å². The molecule has 1 amide bonds. The van der Waals surface area contributed by atoms with E-state index in [1.807, 2.05) is 4.90 Å². The number of likely N-dealkylation sites (tertiary alicyclic amines) is 1. The maximum absolute atomic E-state index is 13.4. The summed E-state index contributed by atoms with van der Waals surface area (Å²) in [7, 11) is 1.65. The van der Waals surface area contributed by atoms with E-state index < -0.39 is 17.7 Å². The second kappa shape index (κ2) is 7.92. The molecule has 0 bridgehead atoms. The number of nitrogens with zero attached hydrogens (tertiary/aromatic N) is 2. The number of halogens is 1. The second-order valence-corrected chi connectivity index (χ2v) is 5.65. The normalized spacial score (nSPS) is 17.9. The molecular formula is C16H21FN2O4. The molecule has 1 N–H and O–H groups in total. The predicted molar refractivity (Wildman–Crippen MR) is 81.7 cm³/mol. The lowest BCUT2D eigenvalue weighted by atomic mass is 10.1. The molecule has 0 radical (unpaired) electrons. The van der Waals surface area contributed by atoms with Gasteiger partial charge in [0.05, 0.1) is 19.0 Å². The van der Waals surface area contributed by atoms with E-state index in [-0.39, 0.29) is 24.8 Å². The Morgan fingerprint density at radius 1 is 1.43 bits per heavy atom. The Labute approximate surface area is 134 Å². The Balaban J connectivity index is 1.71. The number of para-hydroxylation sites is 1. The Kier molecular flexibility index (Phi) is 5.92. The molecule has 7 heteroatoms. The van der Waals surface area contributed by atoms with Crippen molar-refractivity contribution in [3.63, 3.8) is 0 Å². The van der Waals surface area contributed by atoms with Gasteiger partial charge >= 0.3 is 5.97 Å². The first kappa shape index (κ1) is 17.2. The number of carboxylic acid groups (broad SMARTS) is 1. The standard InChI is InChI=1S/C16H21FN2O4/c1-18(8-9-23-14-5-3-2-4-13(14)17)15(20)11-19-7-6-12(10-19)16(21)22/h2-5,12H,6-11H2,1H3,(H,21,22). The Hall–Kier alpha value is -2.15. The van der Waals surface area contributed by atoms with E-state index >= 15 is 0 Å². The fourth-order valence-electron chi connectivity index (χ4n) is 2.47. The van der Waals surface area contributed by atoms with Crippen molar-refractivity contribution < 1.29 is 23.8 Å². The molecule has 1 fully saturated rings. The second-order valence-electron chi connectivity index (χ2n) is 5.65. The van der Waals surface area contributed by atoms with Gasteiger partial charge in [0.2, 0.25) is 5.91 Å². The third-order valence-electron chi connectivity index (χ3n) is 3.93. The van der Waals surface area contributed by atoms with Gasteiger partial charge in [0.1, 0.15) is 6.61 Å². The zero-order valence-corrected chi connectivity index (χ0v) is 13.1. The molecule has 1 unspecified atom stereocenters. The highest BCUT2D eigenvalue weighted by atomic mass is 19.1. The largest absolute Gasteiger partial charge is 0.489 e. The minimum atomic E-state index is -0.813. The summed E-state index contributed by atoms with van der Waals surface area (Å²) in [4.78, 5) is 26.3. The van der Waals surface area contributed by atoms with Crippen LogP contribution < -0.4 is 4.74 Å². The van der Waals surface area contributed by atoms with Gasteiger partial charge in [-0.2, -0.15) is 0 Å². The van der Waals surface area contributed by atoms with Crippen LogP contribution in [-0.4, -0.2) is 66.6 Å². The summed E-state index contributed by atoms with van der Waals surface area (Å²) in [5.74, 6) is -1.58. The van der Waals surface area contributed by atoms with Crippen LogP contribution in [0.1, 0.15) is 6.42 Å². The fraction of sp³-hybridized carbons (Fsp3) is 0.500. The molecule has 0 aromatic heterocycles. The van der Waals surface area contributed by atoms with Crippen molar-refractivity contribution in [3.8, 4) is 5.75 Å². The van der Waals surface area contributed by atoms with Crippen LogP contribution in [-0.2, 0) is 9.59 Å². The first-order valence-corrected chi connectivity index (χ1v) is 7.54. The molecule has 2 rings (SSSR count). The number of hydrogen-bond donors (Lipinski definition) is 1. The van der Waals surface area contributed by atoms with Gasteiger partial charge in [-0.15, -0.1) is 0 Å². The molecule has 0 saturated carbocycles. The minimum Gasteiger partial charge on any atom is -0.489 e. The van der Waals surface area contributed by atoms with Crippen molar-refractivity contribution >= 4 is 11.9 Å². The van der Waals surface area contributed by atoms with Crippen molar-refractivity contribution in [2.75, 3.05) is 39.8 Å². The van der Waals surface area contributed by atoms with Crippen LogP contribution in [0.2, 0.25) is 0 Å². The molecule has 0 aliphatic carbocycles. The Morgan fingerprint density at radius 2 is 2.17 bits per heavy atom. The number of aliphatic carboxylic acids is 1. The molecular weight excluding hydrogens is 303 g/mol. The van der Waals surface area contributed by atoms with Crippen LogP contribution in [0.25, 0.3) is 0 Å². The summed E-state index contributed by atoms with van der Waals surface area (Å²) in [6.07, 6.45) is 0.572. The maximum Gasteiger partial charge on any atom is 0.307 e. The smallest absolute Gasteiger partial charge is 0.307 e. The summed E-state index contributed by atoms with van der Waals surface area (Å²) >= 11 is 0. The van der Waals surface area contributed by atoms with E-state index in [1.165, 1.54) is 17.0 Å². The highest BCUT2D eigenvalue weighted by Crippen LogP contribution is 2.16. The lowest BCUT2D eigenvalue weighted by molar-refractivity contribution is -0.141. The van der Waals surface area contributed by atoms with Crippen molar-refractivity contribution in [2.24, 2.45) is 5.92 Å². The molecule has 1 aromatic rings. The van der Waals surface area contributed by atoms with Gasteiger partial charge in [0, 0.05) is 13.6 Å². The molecule has 1 atom stereocenters. The Morgan fingerprint density at radius 3 is 2.83 bits per heavy atom. The monoisotopic (exact) mass is 324 g/mol. The van der Waals surface area contributed by atoms with E-state index in [9.17, 15) is 14.0 Å². The van der Waals surface area contributed by atoms with Gasteiger partial charge in [0.25, 0.3) is 0 Å². The third kappa shape index (κ3) is 4.92. The molecule has 1 heterocycles. The highest BCUT2D eigenvalue weighted by molar-refractivity contribution is 5.78. The van der Waals surface area contributed by atoms with Crippen molar-refractivity contribution in [1.82, 2.24) is 9.80 Å². The summed E-state index contributed by atoms with van der Waals surface area (Å²) in [6, 6.07) is 6.11. The van der Waals surface area contributed by atoms with Crippen LogP contribution in [0.4, 0.5) is 4.39 Å². The van der Waals surface area contributed by atoms with Crippen molar-refractivity contribution in [2.45, 2.75) is 6.42 Å². The lowest BCUT2D eigenvalue weighted by Gasteiger charge is -2.21. The van der Waals surface area contributed by atoms with Gasteiger partial charge in [-0.1, -0.05) is 12.1 Å². The summed E-state index contributed by atoms with van der Waals surface area (Å²) in [5, 5.41) is 8.95. The number of rotatable bonds is 7. The molecule has 1 aromatic carbocycles. The average molecular weight is 324 g/mol. The van der Waals surface area contributed by atoms with Crippen LogP contribution in [0, 0.1) is 11.7 Å². The first-order chi connectivity index (χ1) is 11.0. The van der Waals surface area contributed by atoms with E-state index in [4.69, 9.17) is 9.84 Å². The zero-order valence-electron chi connectivity index (χ0n) is 13.1. The van der Waals surface area contributed by atoms with Crippen LogP contribution >= 0.6 is 0 Å². The van der Waals surface area contributed by atoms with E-state index in [1.54, 1.807) is 19.2 Å². The number of carbonyl (C=O) groups excluding carboxylic acids is 1. The van der Waals surface area contributed by atoms with Crippen LogP contribution in [0.5, 0.6) is 5.75 Å². The highest BCUT2D eigenvalue weighted by Gasteiger charge is 2.29. The summed E-state index contributed by atoms with van der Waals surface area (Å²) in [5.41, 5.74) is 0. The van der Waals surface area contributed by atoms with E-state index in [0.717, 1.165) is 0 Å². The number of benzene rings is 1. The van der Waals surface area contributed by atoms with Gasteiger partial charge in [-0.3, -0.25) is 14.5 Å². The quantitative estimate of drug-likeness (QED) is 0.812. The number of likely N-dealkylation sites (N-methyl/N-ethyl adjacent to an activating group) is 1. The molecule has 6 nitrogen and oxygen atoms in total. The summed E-state index contributed by atoms with van der Waals surface area (Å²) < 4.78 is 18.7. The summed E-state index contributed by atoms with van der Waals surface area (Å²) in [6.45, 7) is 1.74.